The second-order valence-electron chi connectivity index (χ2n) is 10.8. The number of ether oxygens (including phenoxy) is 4. The second-order valence-corrected chi connectivity index (χ2v) is 15.7. The minimum absolute atomic E-state index is 0.0394. The molecule has 0 aromatic heterocycles. The Bertz CT molecular complexity index is 1230. The Labute approximate surface area is 270 Å². The predicted molar refractivity (Wildman–Crippen MR) is 187 cm³/mol. The average molecular weight is 644 g/mol. The van der Waals surface area contributed by atoms with Crippen LogP contribution in [0.25, 0.3) is 0 Å². The minimum Gasteiger partial charge on any atom is -0.382 e. The average Bonchev–Trinajstić information content (AvgIpc) is 3.52. The molecule has 2 atom stereocenters. The van der Waals surface area contributed by atoms with Crippen molar-refractivity contribution in [2.24, 2.45) is 0 Å². The summed E-state index contributed by atoms with van der Waals surface area (Å²) in [4.78, 5) is 15.8. The van der Waals surface area contributed by atoms with Crippen LogP contribution in [0.3, 0.4) is 0 Å². The molecule has 5 rings (SSSR count). The van der Waals surface area contributed by atoms with Crippen molar-refractivity contribution in [3.8, 4) is 0 Å². The number of hydrogen-bond acceptors (Lipinski definition) is 5. The molecule has 6 nitrogen and oxygen atoms in total. The maximum atomic E-state index is 13.7. The zero-order valence-electron chi connectivity index (χ0n) is 25.9. The third-order valence-corrected chi connectivity index (χ3v) is 13.8. The molecular formula is C37H43NO5P2. The lowest BCUT2D eigenvalue weighted by Crippen LogP contribution is -2.34. The summed E-state index contributed by atoms with van der Waals surface area (Å²) in [6.07, 6.45) is 0. The molecule has 1 aliphatic heterocycles. The van der Waals surface area contributed by atoms with Crippen molar-refractivity contribution in [1.29, 1.82) is 0 Å². The number of amides is 1. The van der Waals surface area contributed by atoms with Crippen molar-refractivity contribution < 1.29 is 23.7 Å². The van der Waals surface area contributed by atoms with E-state index in [1.165, 1.54) is 21.2 Å². The molecular weight excluding hydrogens is 600 g/mol. The van der Waals surface area contributed by atoms with Crippen LogP contribution in [0.15, 0.2) is 121 Å². The Kier molecular flexibility index (Phi) is 13.6. The third-order valence-electron chi connectivity index (χ3n) is 7.81. The van der Waals surface area contributed by atoms with Crippen LogP contribution >= 0.6 is 15.8 Å². The Morgan fingerprint density at radius 2 is 0.889 bits per heavy atom. The quantitative estimate of drug-likeness (QED) is 0.125. The molecule has 0 aliphatic carbocycles. The molecule has 1 saturated heterocycles. The Morgan fingerprint density at radius 3 is 1.24 bits per heavy atom. The van der Waals surface area contributed by atoms with Crippen molar-refractivity contribution in [2.75, 3.05) is 66.4 Å². The van der Waals surface area contributed by atoms with Crippen molar-refractivity contribution in [2.45, 2.75) is 11.3 Å². The van der Waals surface area contributed by atoms with E-state index in [1.54, 1.807) is 7.11 Å². The molecule has 1 aliphatic rings. The van der Waals surface area contributed by atoms with Crippen LogP contribution < -0.4 is 21.2 Å². The minimum atomic E-state index is -0.743. The topological polar surface area (TPSA) is 57.2 Å². The Balaban J connectivity index is 1.36. The van der Waals surface area contributed by atoms with Gasteiger partial charge in [0.1, 0.15) is 6.61 Å². The summed E-state index contributed by atoms with van der Waals surface area (Å²) in [5, 5.41) is 5.38. The maximum Gasteiger partial charge on any atom is 0.248 e. The van der Waals surface area contributed by atoms with Crippen LogP contribution in [0.2, 0.25) is 0 Å². The van der Waals surface area contributed by atoms with Gasteiger partial charge in [-0.1, -0.05) is 121 Å². The Hall–Kier alpha value is -2.95. The monoisotopic (exact) mass is 643 g/mol. The summed E-state index contributed by atoms with van der Waals surface area (Å²) >= 11 is 0. The van der Waals surface area contributed by atoms with Gasteiger partial charge in [0.25, 0.3) is 0 Å². The number of benzene rings is 4. The van der Waals surface area contributed by atoms with Crippen LogP contribution in [0.4, 0.5) is 0 Å². The molecule has 0 saturated carbocycles. The number of likely N-dealkylation sites (tertiary alicyclic amines) is 1. The van der Waals surface area contributed by atoms with E-state index in [0.717, 1.165) is 0 Å². The first-order valence-electron chi connectivity index (χ1n) is 15.5. The number of rotatable bonds is 17. The van der Waals surface area contributed by atoms with Gasteiger partial charge in [-0.15, -0.1) is 0 Å². The molecule has 1 fully saturated rings. The standard InChI is InChI=1S/C37H43NO5P2/c1-40-22-23-41-24-25-42-26-27-43-30-37(39)38-28-35(44(31-14-6-2-7-15-31)32-16-8-3-9-17-32)36(29-38)45(33-18-10-4-11-19-33)34-20-12-5-13-21-34/h2-21,35-36H,22-30H2,1H3/t35-,36-/m1/s1. The van der Waals surface area contributed by atoms with Crippen molar-refractivity contribution in [3.63, 3.8) is 0 Å². The molecule has 0 N–H and O–H groups in total. The molecule has 4 aromatic rings. The van der Waals surface area contributed by atoms with Crippen LogP contribution in [0.1, 0.15) is 0 Å². The first-order valence-corrected chi connectivity index (χ1v) is 18.4. The van der Waals surface area contributed by atoms with Gasteiger partial charge < -0.3 is 23.8 Å². The maximum absolute atomic E-state index is 13.7. The normalized spacial score (nSPS) is 16.5. The smallest absolute Gasteiger partial charge is 0.248 e. The van der Waals surface area contributed by atoms with Gasteiger partial charge in [-0.05, 0) is 37.1 Å². The SMILES string of the molecule is COCCOCCOCCOCC(=O)N1C[C@@H](P(c2ccccc2)c2ccccc2)[C@H](P(c2ccccc2)c2ccccc2)C1. The van der Waals surface area contributed by atoms with Crippen LogP contribution in [0, 0.1) is 0 Å². The number of carbonyl (C=O) groups is 1. The first-order chi connectivity index (χ1) is 22.3. The molecule has 0 radical (unpaired) electrons. The fourth-order valence-corrected chi connectivity index (χ4v) is 12.2. The summed E-state index contributed by atoms with van der Waals surface area (Å²) in [6, 6.07) is 43.5. The molecule has 1 heterocycles. The second kappa shape index (κ2) is 18.3. The van der Waals surface area contributed by atoms with E-state index < -0.39 is 15.8 Å². The summed E-state index contributed by atoms with van der Waals surface area (Å²) in [5.74, 6) is 0.0394. The predicted octanol–water partition coefficient (Wildman–Crippen LogP) is 4.53. The molecule has 45 heavy (non-hydrogen) atoms. The van der Waals surface area contributed by atoms with E-state index in [1.807, 2.05) is 0 Å². The summed E-state index contributed by atoms with van der Waals surface area (Å²) in [7, 11) is 0.165. The molecule has 236 valence electrons. The summed E-state index contributed by atoms with van der Waals surface area (Å²) < 4.78 is 21.8. The van der Waals surface area contributed by atoms with Crippen LogP contribution in [-0.4, -0.2) is 88.6 Å². The van der Waals surface area contributed by atoms with E-state index in [0.29, 0.717) is 52.7 Å². The van der Waals surface area contributed by atoms with Gasteiger partial charge >= 0.3 is 0 Å². The number of nitrogens with zero attached hydrogens (tertiary/aromatic N) is 1. The largest absolute Gasteiger partial charge is 0.382 e. The van der Waals surface area contributed by atoms with Gasteiger partial charge in [-0.25, -0.2) is 0 Å². The fourth-order valence-electron chi connectivity index (χ4n) is 5.73. The summed E-state index contributed by atoms with van der Waals surface area (Å²) in [5.41, 5.74) is 0.559. The van der Waals surface area contributed by atoms with Crippen LogP contribution in [0.5, 0.6) is 0 Å². The van der Waals surface area contributed by atoms with Gasteiger partial charge in [-0.2, -0.15) is 0 Å². The molecule has 1 amide bonds. The molecule has 8 heteroatoms. The van der Waals surface area contributed by atoms with Gasteiger partial charge in [-0.3, -0.25) is 4.79 Å². The molecule has 4 aromatic carbocycles. The van der Waals surface area contributed by atoms with Gasteiger partial charge in [0, 0.05) is 31.5 Å². The molecule has 0 bridgehead atoms. The fraction of sp³-hybridized carbons (Fsp3) is 0.324. The highest BCUT2D eigenvalue weighted by molar-refractivity contribution is 7.77. The third kappa shape index (κ3) is 9.53. The van der Waals surface area contributed by atoms with Crippen molar-refractivity contribution in [3.05, 3.63) is 121 Å². The zero-order valence-corrected chi connectivity index (χ0v) is 27.7. The van der Waals surface area contributed by atoms with Crippen LogP contribution in [-0.2, 0) is 23.7 Å². The van der Waals surface area contributed by atoms with Gasteiger partial charge in [0.2, 0.25) is 5.91 Å². The van der Waals surface area contributed by atoms with Gasteiger partial charge in [0.05, 0.1) is 39.6 Å². The first kappa shape index (κ1) is 33.4. The van der Waals surface area contributed by atoms with E-state index in [9.17, 15) is 4.79 Å². The Morgan fingerprint density at radius 1 is 0.556 bits per heavy atom. The summed E-state index contributed by atoms with van der Waals surface area (Å²) in [6.45, 7) is 4.37. The lowest BCUT2D eigenvalue weighted by Gasteiger charge is -2.34. The highest BCUT2D eigenvalue weighted by atomic mass is 31.1. The highest BCUT2D eigenvalue weighted by Crippen LogP contribution is 2.54. The van der Waals surface area contributed by atoms with Gasteiger partial charge in [0.15, 0.2) is 0 Å². The lowest BCUT2D eigenvalue weighted by atomic mass is 10.3. The number of methoxy groups -OCH3 is 1. The van der Waals surface area contributed by atoms with E-state index in [4.69, 9.17) is 18.9 Å². The number of hydrogen-bond donors (Lipinski definition) is 0. The van der Waals surface area contributed by atoms with E-state index in [-0.39, 0.29) is 23.8 Å². The lowest BCUT2D eigenvalue weighted by molar-refractivity contribution is -0.135. The van der Waals surface area contributed by atoms with Crippen molar-refractivity contribution in [1.82, 2.24) is 4.90 Å². The molecule has 0 spiro atoms. The number of carbonyl (C=O) groups excluding carboxylic acids is 1. The van der Waals surface area contributed by atoms with E-state index >= 15 is 0 Å². The zero-order chi connectivity index (χ0) is 31.1. The molecule has 0 unspecified atom stereocenters. The highest BCUT2D eigenvalue weighted by Gasteiger charge is 2.45. The van der Waals surface area contributed by atoms with E-state index in [2.05, 4.69) is 126 Å². The van der Waals surface area contributed by atoms with Crippen molar-refractivity contribution >= 4 is 43.0 Å².